The Morgan fingerprint density at radius 1 is 0.535 bits per heavy atom. The van der Waals surface area contributed by atoms with Gasteiger partial charge in [0, 0.05) is 57.4 Å². The van der Waals surface area contributed by atoms with Crippen molar-refractivity contribution in [2.75, 3.05) is 31.7 Å². The number of carbonyl (C=O) groups is 2. The summed E-state index contributed by atoms with van der Waals surface area (Å²) in [5.41, 5.74) is 9.86. The number of carbonyl (C=O) groups excluding carboxylic acids is 4. The van der Waals surface area contributed by atoms with E-state index in [4.69, 9.17) is 102 Å². The van der Waals surface area contributed by atoms with Gasteiger partial charge in [-0.25, -0.2) is 29.9 Å². The van der Waals surface area contributed by atoms with Crippen LogP contribution < -0.4 is 25.3 Å². The van der Waals surface area contributed by atoms with Crippen LogP contribution in [0.25, 0.3) is 33.1 Å². The zero-order chi connectivity index (χ0) is 69.5. The molecule has 0 saturated carbocycles. The highest BCUT2D eigenvalue weighted by Gasteiger charge is 2.26. The fourth-order valence-corrected chi connectivity index (χ4v) is 11.5. The summed E-state index contributed by atoms with van der Waals surface area (Å²) < 4.78 is 28.9. The monoisotopic (exact) mass is 1610 g/mol. The Morgan fingerprint density at radius 2 is 0.949 bits per heavy atom. The molecule has 0 spiro atoms. The molecule has 512 valence electrons. The van der Waals surface area contributed by atoms with Crippen molar-refractivity contribution in [3.8, 4) is 34.5 Å². The smallest absolute Gasteiger partial charge is 0.373 e. The van der Waals surface area contributed by atoms with Crippen LogP contribution in [0.4, 0.5) is 5.82 Å². The molecule has 0 radical (unpaired) electrons. The molecule has 8 N–H and O–H groups in total. The molecule has 14 rings (SSSR count). The van der Waals surface area contributed by atoms with Crippen LogP contribution in [0.3, 0.4) is 0 Å². The first-order chi connectivity index (χ1) is 47.5. The molecule has 8 heterocycles. The summed E-state index contributed by atoms with van der Waals surface area (Å²) in [5, 5.41) is 25.1. The third-order valence-electron chi connectivity index (χ3n) is 14.7. The van der Waals surface area contributed by atoms with Crippen LogP contribution in [-0.4, -0.2) is 124 Å². The highest BCUT2D eigenvalue weighted by atomic mass is 127. The fraction of sp³-hybridized carbons (Fsp3) is 0.186. The first-order valence-electron chi connectivity index (χ1n) is 30.1. The number of halogens is 7. The van der Waals surface area contributed by atoms with E-state index in [2.05, 4.69) is 66.1 Å². The number of aryl methyl sites for hydroxylation is 1. The maximum absolute atomic E-state index is 13.5. The molecule has 12 aromatic rings. The summed E-state index contributed by atoms with van der Waals surface area (Å²) in [6, 6.07) is 44.1. The van der Waals surface area contributed by atoms with Gasteiger partial charge in [-0.1, -0.05) is 119 Å². The van der Waals surface area contributed by atoms with E-state index >= 15 is 0 Å². The van der Waals surface area contributed by atoms with Gasteiger partial charge in [-0.05, 0) is 127 Å². The Morgan fingerprint density at radius 3 is 1.38 bits per heavy atom. The molecule has 6 aromatic heterocycles. The Kier molecular flexibility index (Phi) is 29.5. The average molecular weight is 1620 g/mol. The molecule has 6 aromatic carbocycles. The van der Waals surface area contributed by atoms with E-state index < -0.39 is 0 Å². The van der Waals surface area contributed by atoms with E-state index in [0.29, 0.717) is 91.5 Å². The zero-order valence-corrected chi connectivity index (χ0v) is 60.0. The first kappa shape index (κ1) is 76.3. The third kappa shape index (κ3) is 21.3. The number of aromatic nitrogens is 9. The number of hydrogen-bond donors (Lipinski definition) is 7. The molecule has 2 aliphatic heterocycles. The molecule has 2 fully saturated rings. The molecule has 99 heavy (non-hydrogen) atoms. The summed E-state index contributed by atoms with van der Waals surface area (Å²) >= 11 is 34.0. The van der Waals surface area contributed by atoms with E-state index in [1.165, 1.54) is 19.0 Å². The van der Waals surface area contributed by atoms with E-state index in [0.717, 1.165) is 63.3 Å². The maximum Gasteiger partial charge on any atom is 0.373 e. The predicted molar refractivity (Wildman–Crippen MR) is 393 cm³/mol. The Bertz CT molecular complexity index is 4640. The summed E-state index contributed by atoms with van der Waals surface area (Å²) in [6.45, 7) is 3.16. The quantitative estimate of drug-likeness (QED) is 0.0302. The fourth-order valence-electron chi connectivity index (χ4n) is 9.76. The van der Waals surface area contributed by atoms with Crippen LogP contribution in [0.2, 0.25) is 25.4 Å². The van der Waals surface area contributed by atoms with Crippen LogP contribution >= 0.6 is 97.9 Å². The Balaban J connectivity index is 0.000000168. The molecule has 0 aliphatic carbocycles. The SMILES string of the molecule is Cc1ccc(Oc2ccccc2)cc1Cl.Clc1ncnc2[nH]cc(Br)c12.I.NC1CC[C@@H](CO)OC1.O=C(c1ccc(Oc2ccccc2)cc1Cl)c1c[nH]c2ncnc(Cl)c12.O=C(c1ccc(Oc2ccccc2)cc1Cl)c1c[nH]c2ncnc(N[C@@H]3CC[C@@H](CO)OC3)c12.O=C=O. The number of ketones is 2. The molecule has 4 atom stereocenters. The standard InChI is InChI=1S/C25H23ClN4O4.C19H11Cl2N3O2.C13H11ClO.C6H3BrClN3.C6H13NO2.CO2.HI/c26-21-10-17(34-16-4-2-1-3-5-16)8-9-19(21)23(32)20-11-27-24-22(20)25(29-14-28-24)30-15-6-7-18(12-31)33-13-15;20-15-8-12(26-11-4-2-1-3-5-11)6-7-13(15)17(25)14-9-22-19-16(14)18(21)23-10-24-19;1-10-7-8-12(9-13(10)14)15-11-5-3-2-4-6-11;7-3-1-9-6-4(3)5(8)10-2-11-6;7-5-1-2-6(3-8)9-4-5;2-1-3;/h1-5,8-11,14-15,18,31H,6-7,12-13H2,(H2,27,28,29,30);1-10H,(H,22,23,24);2-9H,1H3;1-2H,(H,9,10,11);5-6,8H,1-4,7H2;;1H/t15-,18+;;;;5?,6-;;/m1...0../s1. The zero-order valence-electron chi connectivity index (χ0n) is 52.3. The van der Waals surface area contributed by atoms with Crippen molar-refractivity contribution in [3.63, 3.8) is 0 Å². The number of nitrogens with two attached hydrogens (primary N) is 1. The normalized spacial score (nSPS) is 15.2. The number of hydrogen-bond acceptors (Lipinski definition) is 19. The molecular weight excluding hydrogens is 1550 g/mol. The topological polar surface area (TPSA) is 318 Å². The summed E-state index contributed by atoms with van der Waals surface area (Å²) in [5.74, 6) is 4.04. The number of aliphatic hydroxyl groups is 2. The summed E-state index contributed by atoms with van der Waals surface area (Å²) in [4.78, 5) is 76.0. The van der Waals surface area contributed by atoms with Gasteiger partial charge in [0.2, 0.25) is 0 Å². The number of anilines is 1. The van der Waals surface area contributed by atoms with Gasteiger partial charge >= 0.3 is 6.15 Å². The van der Waals surface area contributed by atoms with Crippen molar-refractivity contribution in [1.82, 2.24) is 44.9 Å². The van der Waals surface area contributed by atoms with Crippen molar-refractivity contribution in [2.45, 2.75) is 56.9 Å². The van der Waals surface area contributed by atoms with E-state index in [-0.39, 0.29) is 94.4 Å². The van der Waals surface area contributed by atoms with Crippen LogP contribution in [0, 0.1) is 6.92 Å². The lowest BCUT2D eigenvalue weighted by molar-refractivity contribution is -0.191. The maximum atomic E-state index is 13.5. The van der Waals surface area contributed by atoms with Crippen LogP contribution in [0.1, 0.15) is 63.1 Å². The predicted octanol–water partition coefficient (Wildman–Crippen LogP) is 16.2. The lowest BCUT2D eigenvalue weighted by Crippen LogP contribution is -2.36. The molecule has 2 saturated heterocycles. The van der Waals surface area contributed by atoms with E-state index in [1.807, 2.05) is 116 Å². The number of H-pyrrole nitrogens is 3. The van der Waals surface area contributed by atoms with Gasteiger partial charge in [0.25, 0.3) is 0 Å². The number of nitrogens with zero attached hydrogens (tertiary/aromatic N) is 6. The second kappa shape index (κ2) is 38.2. The minimum absolute atomic E-state index is 0. The second-order valence-corrected chi connectivity index (χ2v) is 24.3. The highest BCUT2D eigenvalue weighted by Crippen LogP contribution is 2.35. The van der Waals surface area contributed by atoms with Gasteiger partial charge in [0.15, 0.2) is 11.6 Å². The van der Waals surface area contributed by atoms with Gasteiger partial charge < -0.3 is 59.9 Å². The Hall–Kier alpha value is -8.44. The van der Waals surface area contributed by atoms with Gasteiger partial charge in [0.05, 0.1) is 82.0 Å². The number of benzene rings is 6. The molecule has 29 heteroatoms. The van der Waals surface area contributed by atoms with Crippen LogP contribution in [-0.2, 0) is 19.1 Å². The van der Waals surface area contributed by atoms with Gasteiger partial charge in [0.1, 0.15) is 86.5 Å². The van der Waals surface area contributed by atoms with Crippen LogP contribution in [0.5, 0.6) is 34.5 Å². The minimum Gasteiger partial charge on any atom is -0.457 e. The van der Waals surface area contributed by atoms with E-state index in [9.17, 15) is 14.7 Å². The van der Waals surface area contributed by atoms with Crippen molar-refractivity contribution in [1.29, 1.82) is 0 Å². The lowest BCUT2D eigenvalue weighted by Gasteiger charge is -2.29. The number of nitrogens with one attached hydrogen (secondary N) is 4. The number of para-hydroxylation sites is 3. The van der Waals surface area contributed by atoms with Crippen molar-refractivity contribution >= 4 is 155 Å². The lowest BCUT2D eigenvalue weighted by atomic mass is 10.0. The second-order valence-electron chi connectivity index (χ2n) is 21.5. The molecule has 0 amide bonds. The summed E-state index contributed by atoms with van der Waals surface area (Å²) in [6.07, 6.45) is 12.8. The number of rotatable bonds is 14. The number of aromatic amines is 3. The van der Waals surface area contributed by atoms with E-state index in [1.54, 1.807) is 55.0 Å². The number of fused-ring (bicyclic) bond motifs is 3. The van der Waals surface area contributed by atoms with Gasteiger partial charge in [-0.15, -0.1) is 24.0 Å². The Labute approximate surface area is 617 Å². The third-order valence-corrected chi connectivity index (χ3v) is 17.0. The van der Waals surface area contributed by atoms with Crippen molar-refractivity contribution < 1.29 is 53.1 Å². The molecule has 0 bridgehead atoms. The number of ether oxygens (including phenoxy) is 5. The molecular formula is C70H62BrCl5IN11O11. The molecule has 22 nitrogen and oxygen atoms in total. The molecule has 1 unspecified atom stereocenters. The average Bonchev–Trinajstić information content (AvgIpc) is 1.69. The summed E-state index contributed by atoms with van der Waals surface area (Å²) in [7, 11) is 0. The van der Waals surface area contributed by atoms with Gasteiger partial charge in [-0.3, -0.25) is 9.59 Å². The van der Waals surface area contributed by atoms with Crippen LogP contribution in [0.15, 0.2) is 188 Å². The highest BCUT2D eigenvalue weighted by molar-refractivity contribution is 14.0. The van der Waals surface area contributed by atoms with Crippen molar-refractivity contribution in [3.05, 3.63) is 241 Å². The van der Waals surface area contributed by atoms with Gasteiger partial charge in [-0.2, -0.15) is 9.59 Å². The minimum atomic E-state index is -0.274. The largest absolute Gasteiger partial charge is 0.457 e. The first-order valence-corrected chi connectivity index (χ1v) is 32.7. The van der Waals surface area contributed by atoms with Crippen molar-refractivity contribution in [2.24, 2.45) is 5.73 Å². The number of aliphatic hydroxyl groups excluding tert-OH is 2. The molecule has 2 aliphatic rings.